The molecule has 0 saturated heterocycles. The summed E-state index contributed by atoms with van der Waals surface area (Å²) in [6.45, 7) is 15.1. The number of nitrogens with one attached hydrogen (secondary N) is 1. The third-order valence-electron chi connectivity index (χ3n) is 2.03. The Balaban J connectivity index is 0. The molecule has 0 spiro atoms. The Morgan fingerprint density at radius 1 is 1.21 bits per heavy atom. The average molecular weight is 261 g/mol. The fourth-order valence-electron chi connectivity index (χ4n) is 1.36. The van der Waals surface area contributed by atoms with Crippen LogP contribution in [-0.4, -0.2) is 5.91 Å². The first kappa shape index (κ1) is 19.5. The average Bonchev–Trinajstić information content (AvgIpc) is 2.42. The molecule has 0 unspecified atom stereocenters. The zero-order valence-corrected chi connectivity index (χ0v) is 13.1. The summed E-state index contributed by atoms with van der Waals surface area (Å²) in [7, 11) is 0. The van der Waals surface area contributed by atoms with Gasteiger partial charge >= 0.3 is 0 Å². The molecule has 0 heterocycles. The van der Waals surface area contributed by atoms with Crippen LogP contribution >= 0.6 is 0 Å². The Labute approximate surface area is 118 Å². The number of benzene rings is 1. The van der Waals surface area contributed by atoms with Gasteiger partial charge in [0.1, 0.15) is 0 Å². The molecule has 0 bridgehead atoms. The topological polar surface area (TPSA) is 29.1 Å². The van der Waals surface area contributed by atoms with Gasteiger partial charge in [-0.15, -0.1) is 0 Å². The first-order chi connectivity index (χ1) is 9.15. The summed E-state index contributed by atoms with van der Waals surface area (Å²) < 4.78 is 0. The Hall–Kier alpha value is -1.83. The molecule has 0 atom stereocenters. The summed E-state index contributed by atoms with van der Waals surface area (Å²) in [5, 5.41) is 2.80. The number of anilines is 1. The Morgan fingerprint density at radius 2 is 1.79 bits per heavy atom. The quantitative estimate of drug-likeness (QED) is 0.744. The second-order valence-corrected chi connectivity index (χ2v) is 3.31. The number of carbonyl (C=O) groups is 1. The van der Waals surface area contributed by atoms with E-state index >= 15 is 0 Å². The minimum Gasteiger partial charge on any atom is -0.326 e. The van der Waals surface area contributed by atoms with Gasteiger partial charge in [-0.3, -0.25) is 4.79 Å². The lowest BCUT2D eigenvalue weighted by Gasteiger charge is -2.08. The van der Waals surface area contributed by atoms with E-state index < -0.39 is 0 Å². The minimum atomic E-state index is -0.0612. The molecule has 106 valence electrons. The van der Waals surface area contributed by atoms with Crippen LogP contribution in [-0.2, 0) is 4.79 Å². The smallest absolute Gasteiger partial charge is 0.221 e. The molecule has 0 aliphatic heterocycles. The van der Waals surface area contributed by atoms with Crippen molar-refractivity contribution in [1.82, 2.24) is 0 Å². The van der Waals surface area contributed by atoms with Crippen LogP contribution in [0.3, 0.4) is 0 Å². The highest BCUT2D eigenvalue weighted by molar-refractivity contribution is 5.91. The van der Waals surface area contributed by atoms with Gasteiger partial charge in [0.05, 0.1) is 0 Å². The first-order valence-corrected chi connectivity index (χ1v) is 6.81. The lowest BCUT2D eigenvalue weighted by atomic mass is 10.1. The maximum absolute atomic E-state index is 11.0. The Bertz CT molecular complexity index is 406. The van der Waals surface area contributed by atoms with Crippen LogP contribution in [0.15, 0.2) is 36.9 Å². The summed E-state index contributed by atoms with van der Waals surface area (Å²) in [5.74, 6) is -0.0612. The maximum atomic E-state index is 11.0. The van der Waals surface area contributed by atoms with E-state index in [1.165, 1.54) is 6.92 Å². The van der Waals surface area contributed by atoms with Gasteiger partial charge in [-0.1, -0.05) is 64.6 Å². The number of carbonyl (C=O) groups excluding carboxylic acids is 1. The molecule has 2 heteroatoms. The van der Waals surface area contributed by atoms with Crippen molar-refractivity contribution in [1.29, 1.82) is 0 Å². The van der Waals surface area contributed by atoms with Crippen LogP contribution in [0.5, 0.6) is 0 Å². The number of aryl methyl sites for hydroxylation is 1. The van der Waals surface area contributed by atoms with Crippen LogP contribution in [0.2, 0.25) is 0 Å². The second kappa shape index (κ2) is 12.6. The van der Waals surface area contributed by atoms with E-state index in [2.05, 4.69) is 11.9 Å². The minimum absolute atomic E-state index is 0.0612. The zero-order chi connectivity index (χ0) is 15.3. The van der Waals surface area contributed by atoms with Crippen molar-refractivity contribution in [3.63, 3.8) is 0 Å². The summed E-state index contributed by atoms with van der Waals surface area (Å²) in [4.78, 5) is 11.0. The standard InChI is InChI=1S/C13H15NO.2C2H6/c1-4-5-8-12-10(2)7-6-9-13(12)14-11(3)15;2*1-2/h4-9H,1H2,2-3H3,(H,14,15);2*1-2H3/b8-5-;;. The lowest BCUT2D eigenvalue weighted by molar-refractivity contribution is -0.114. The van der Waals surface area contributed by atoms with Gasteiger partial charge in [-0.05, 0) is 18.6 Å². The Kier molecular flexibility index (Phi) is 13.0. The molecule has 0 aliphatic rings. The van der Waals surface area contributed by atoms with Crippen molar-refractivity contribution < 1.29 is 4.79 Å². The van der Waals surface area contributed by atoms with Crippen LogP contribution in [0.1, 0.15) is 45.7 Å². The molecule has 0 radical (unpaired) electrons. The van der Waals surface area contributed by atoms with Crippen molar-refractivity contribution in [2.45, 2.75) is 41.5 Å². The van der Waals surface area contributed by atoms with Crippen molar-refractivity contribution in [2.24, 2.45) is 0 Å². The van der Waals surface area contributed by atoms with Crippen LogP contribution < -0.4 is 5.32 Å². The number of allylic oxidation sites excluding steroid dienone is 2. The third-order valence-corrected chi connectivity index (χ3v) is 2.03. The van der Waals surface area contributed by atoms with Crippen molar-refractivity contribution in [3.8, 4) is 0 Å². The highest BCUT2D eigenvalue weighted by Gasteiger charge is 2.02. The monoisotopic (exact) mass is 261 g/mol. The lowest BCUT2D eigenvalue weighted by Crippen LogP contribution is -2.07. The Morgan fingerprint density at radius 3 is 2.26 bits per heavy atom. The molecule has 1 N–H and O–H groups in total. The molecule has 0 saturated carbocycles. The molecule has 0 aliphatic carbocycles. The van der Waals surface area contributed by atoms with Gasteiger partial charge in [0.15, 0.2) is 0 Å². The van der Waals surface area contributed by atoms with Gasteiger partial charge < -0.3 is 5.32 Å². The van der Waals surface area contributed by atoms with Gasteiger partial charge in [-0.25, -0.2) is 0 Å². The summed E-state index contributed by atoms with van der Waals surface area (Å²) in [5.41, 5.74) is 2.98. The van der Waals surface area contributed by atoms with Gasteiger partial charge in [-0.2, -0.15) is 0 Å². The molecule has 1 rings (SSSR count). The molecule has 1 aromatic carbocycles. The summed E-state index contributed by atoms with van der Waals surface area (Å²) in [6, 6.07) is 5.82. The first-order valence-electron chi connectivity index (χ1n) is 6.81. The third kappa shape index (κ3) is 7.98. The van der Waals surface area contributed by atoms with E-state index in [0.29, 0.717) is 0 Å². The van der Waals surface area contributed by atoms with Crippen LogP contribution in [0.4, 0.5) is 5.69 Å². The van der Waals surface area contributed by atoms with E-state index in [4.69, 9.17) is 0 Å². The second-order valence-electron chi connectivity index (χ2n) is 3.31. The number of hydrogen-bond acceptors (Lipinski definition) is 1. The fourth-order valence-corrected chi connectivity index (χ4v) is 1.36. The molecule has 2 nitrogen and oxygen atoms in total. The zero-order valence-electron chi connectivity index (χ0n) is 13.1. The van der Waals surface area contributed by atoms with E-state index in [1.54, 1.807) is 6.08 Å². The number of amides is 1. The van der Waals surface area contributed by atoms with Crippen LogP contribution in [0, 0.1) is 6.92 Å². The molecule has 19 heavy (non-hydrogen) atoms. The maximum Gasteiger partial charge on any atom is 0.221 e. The van der Waals surface area contributed by atoms with Crippen molar-refractivity contribution in [3.05, 3.63) is 48.1 Å². The highest BCUT2D eigenvalue weighted by Crippen LogP contribution is 2.21. The largest absolute Gasteiger partial charge is 0.326 e. The summed E-state index contributed by atoms with van der Waals surface area (Å²) >= 11 is 0. The van der Waals surface area contributed by atoms with E-state index in [0.717, 1.165) is 16.8 Å². The summed E-state index contributed by atoms with van der Waals surface area (Å²) in [6.07, 6.45) is 5.51. The molecule has 0 aromatic heterocycles. The number of rotatable bonds is 3. The SMILES string of the molecule is C=C/C=C\c1c(C)cccc1NC(C)=O.CC.CC. The molecular formula is C17H27NO. The van der Waals surface area contributed by atoms with Crippen molar-refractivity contribution in [2.75, 3.05) is 5.32 Å². The van der Waals surface area contributed by atoms with E-state index in [-0.39, 0.29) is 5.91 Å². The van der Waals surface area contributed by atoms with E-state index in [9.17, 15) is 4.79 Å². The van der Waals surface area contributed by atoms with Gasteiger partial charge in [0.25, 0.3) is 0 Å². The van der Waals surface area contributed by atoms with Gasteiger partial charge in [0, 0.05) is 18.2 Å². The normalized spacial score (nSPS) is 8.74. The van der Waals surface area contributed by atoms with Gasteiger partial charge in [0.2, 0.25) is 5.91 Å². The van der Waals surface area contributed by atoms with E-state index in [1.807, 2.05) is 65.0 Å². The van der Waals surface area contributed by atoms with Crippen molar-refractivity contribution >= 4 is 17.7 Å². The predicted octanol–water partition coefficient (Wildman–Crippen LogP) is 5.21. The molecular weight excluding hydrogens is 234 g/mol. The molecule has 1 amide bonds. The van der Waals surface area contributed by atoms with Crippen LogP contribution in [0.25, 0.3) is 6.08 Å². The molecule has 1 aromatic rings. The molecule has 0 fully saturated rings. The fraction of sp³-hybridized carbons (Fsp3) is 0.353. The number of hydrogen-bond donors (Lipinski definition) is 1. The predicted molar refractivity (Wildman–Crippen MR) is 87.4 cm³/mol. The highest BCUT2D eigenvalue weighted by atomic mass is 16.1.